The van der Waals surface area contributed by atoms with E-state index in [1.807, 2.05) is 0 Å². The Morgan fingerprint density at radius 1 is 1.12 bits per heavy atom. The minimum Gasteiger partial charge on any atom is -0.507 e. The fraction of sp³-hybridized carbons (Fsp3) is 0.600. The van der Waals surface area contributed by atoms with Gasteiger partial charge in [0.05, 0.1) is 12.7 Å². The van der Waals surface area contributed by atoms with Crippen LogP contribution >= 0.6 is 0 Å². The van der Waals surface area contributed by atoms with Gasteiger partial charge in [0.15, 0.2) is 0 Å². The smallest absolute Gasteiger partial charge is 0.257 e. The van der Waals surface area contributed by atoms with Crippen molar-refractivity contribution in [3.8, 4) is 11.5 Å². The summed E-state index contributed by atoms with van der Waals surface area (Å²) in [6.07, 6.45) is 7.04. The second kappa shape index (κ2) is 8.43. The summed E-state index contributed by atoms with van der Waals surface area (Å²) in [5.74, 6) is 0.620. The van der Waals surface area contributed by atoms with E-state index in [0.29, 0.717) is 18.8 Å². The number of likely N-dealkylation sites (tertiary alicyclic amines) is 1. The maximum absolute atomic E-state index is 12.6. The van der Waals surface area contributed by atoms with Crippen LogP contribution in [0.3, 0.4) is 0 Å². The zero-order chi connectivity index (χ0) is 18.5. The van der Waals surface area contributed by atoms with Crippen LogP contribution in [0.4, 0.5) is 0 Å². The maximum atomic E-state index is 12.6. The molecule has 1 aromatic carbocycles. The van der Waals surface area contributed by atoms with Crippen molar-refractivity contribution in [2.24, 2.45) is 5.92 Å². The lowest BCUT2D eigenvalue weighted by Gasteiger charge is -2.33. The summed E-state index contributed by atoms with van der Waals surface area (Å²) in [6.45, 7) is 1.17. The van der Waals surface area contributed by atoms with Gasteiger partial charge in [0.25, 0.3) is 5.91 Å². The third-order valence-corrected chi connectivity index (χ3v) is 5.54. The number of piperidine rings is 1. The van der Waals surface area contributed by atoms with E-state index in [0.717, 1.165) is 38.5 Å². The van der Waals surface area contributed by atoms with Crippen LogP contribution in [0.25, 0.3) is 0 Å². The molecule has 0 radical (unpaired) electrons. The largest absolute Gasteiger partial charge is 0.507 e. The molecule has 2 amide bonds. The molecular formula is C20H28N2O4. The van der Waals surface area contributed by atoms with Crippen molar-refractivity contribution in [3.05, 3.63) is 23.8 Å². The van der Waals surface area contributed by atoms with Crippen molar-refractivity contribution < 1.29 is 19.4 Å². The molecule has 2 N–H and O–H groups in total. The number of phenolic OH excluding ortho intramolecular Hbond substituents is 1. The van der Waals surface area contributed by atoms with Gasteiger partial charge in [-0.2, -0.15) is 0 Å². The molecule has 1 saturated heterocycles. The molecule has 1 heterocycles. The van der Waals surface area contributed by atoms with Crippen molar-refractivity contribution in [2.75, 3.05) is 20.2 Å². The average Bonchev–Trinajstić information content (AvgIpc) is 2.68. The summed E-state index contributed by atoms with van der Waals surface area (Å²) in [7, 11) is 1.52. The van der Waals surface area contributed by atoms with E-state index < -0.39 is 0 Å². The third kappa shape index (κ3) is 4.29. The van der Waals surface area contributed by atoms with Crippen molar-refractivity contribution in [3.63, 3.8) is 0 Å². The number of carbonyl (C=O) groups is 2. The number of rotatable bonds is 4. The molecule has 0 spiro atoms. The lowest BCUT2D eigenvalue weighted by atomic mass is 9.88. The van der Waals surface area contributed by atoms with E-state index in [4.69, 9.17) is 4.74 Å². The summed E-state index contributed by atoms with van der Waals surface area (Å²) in [4.78, 5) is 26.7. The minimum absolute atomic E-state index is 0.0675. The molecular weight excluding hydrogens is 332 g/mol. The summed E-state index contributed by atoms with van der Waals surface area (Å²) in [6, 6.07) is 4.85. The Morgan fingerprint density at radius 3 is 2.42 bits per heavy atom. The Kier molecular flexibility index (Phi) is 6.01. The SMILES string of the molecule is COc1ccc(C(=O)N2CCC(NC(=O)C3CCCCC3)CC2)c(O)c1. The van der Waals surface area contributed by atoms with Crippen LogP contribution in [0.5, 0.6) is 11.5 Å². The molecule has 26 heavy (non-hydrogen) atoms. The molecule has 142 valence electrons. The molecule has 2 aliphatic rings. The Balaban J connectivity index is 1.51. The van der Waals surface area contributed by atoms with Gasteiger partial charge in [-0.3, -0.25) is 9.59 Å². The highest BCUT2D eigenvalue weighted by Gasteiger charge is 2.28. The molecule has 6 heteroatoms. The second-order valence-corrected chi connectivity index (χ2v) is 7.29. The highest BCUT2D eigenvalue weighted by atomic mass is 16.5. The molecule has 0 atom stereocenters. The molecule has 3 rings (SSSR count). The number of ether oxygens (including phenoxy) is 1. The van der Waals surface area contributed by atoms with E-state index in [9.17, 15) is 14.7 Å². The molecule has 0 aromatic heterocycles. The predicted octanol–water partition coefficient (Wildman–Crippen LogP) is 2.70. The van der Waals surface area contributed by atoms with Crippen molar-refractivity contribution >= 4 is 11.8 Å². The van der Waals surface area contributed by atoms with Gasteiger partial charge in [-0.1, -0.05) is 19.3 Å². The highest BCUT2D eigenvalue weighted by Crippen LogP contribution is 2.27. The minimum atomic E-state index is -0.179. The van der Waals surface area contributed by atoms with Crippen LogP contribution in [-0.2, 0) is 4.79 Å². The number of phenols is 1. The van der Waals surface area contributed by atoms with Crippen LogP contribution in [0.1, 0.15) is 55.3 Å². The van der Waals surface area contributed by atoms with Gasteiger partial charge >= 0.3 is 0 Å². The number of nitrogens with one attached hydrogen (secondary N) is 1. The first-order valence-electron chi connectivity index (χ1n) is 9.55. The molecule has 0 unspecified atom stereocenters. The lowest BCUT2D eigenvalue weighted by molar-refractivity contribution is -0.126. The first-order valence-corrected chi connectivity index (χ1v) is 9.55. The van der Waals surface area contributed by atoms with Gasteiger partial charge in [-0.05, 0) is 37.8 Å². The summed E-state index contributed by atoms with van der Waals surface area (Å²) in [5.41, 5.74) is 0.287. The fourth-order valence-electron chi connectivity index (χ4n) is 3.90. The van der Waals surface area contributed by atoms with E-state index >= 15 is 0 Å². The number of hydrogen-bond donors (Lipinski definition) is 2. The van der Waals surface area contributed by atoms with Gasteiger partial charge in [-0.15, -0.1) is 0 Å². The van der Waals surface area contributed by atoms with Crippen LogP contribution in [0.2, 0.25) is 0 Å². The van der Waals surface area contributed by atoms with E-state index in [1.165, 1.54) is 19.6 Å². The van der Waals surface area contributed by atoms with Crippen molar-refractivity contribution in [2.45, 2.75) is 51.0 Å². The standard InChI is InChI=1S/C20H28N2O4/c1-26-16-7-8-17(18(23)13-16)20(25)22-11-9-15(10-12-22)21-19(24)14-5-3-2-4-6-14/h7-8,13-15,23H,2-6,9-12H2,1H3,(H,21,24). The number of amides is 2. The van der Waals surface area contributed by atoms with E-state index in [2.05, 4.69) is 5.32 Å². The zero-order valence-electron chi connectivity index (χ0n) is 15.4. The molecule has 1 saturated carbocycles. The monoisotopic (exact) mass is 360 g/mol. The molecule has 0 bridgehead atoms. The van der Waals surface area contributed by atoms with Gasteiger partial charge in [0, 0.05) is 31.1 Å². The third-order valence-electron chi connectivity index (χ3n) is 5.54. The van der Waals surface area contributed by atoms with Crippen LogP contribution in [-0.4, -0.2) is 48.1 Å². The first-order chi connectivity index (χ1) is 12.6. The summed E-state index contributed by atoms with van der Waals surface area (Å²) >= 11 is 0. The number of benzene rings is 1. The topological polar surface area (TPSA) is 78.9 Å². The van der Waals surface area contributed by atoms with E-state index in [-0.39, 0.29) is 35.1 Å². The predicted molar refractivity (Wildman–Crippen MR) is 98.3 cm³/mol. The average molecular weight is 360 g/mol. The quantitative estimate of drug-likeness (QED) is 0.865. The second-order valence-electron chi connectivity index (χ2n) is 7.29. The van der Waals surface area contributed by atoms with Crippen molar-refractivity contribution in [1.82, 2.24) is 10.2 Å². The Labute approximate surface area is 154 Å². The fourth-order valence-corrected chi connectivity index (χ4v) is 3.90. The van der Waals surface area contributed by atoms with Crippen molar-refractivity contribution in [1.29, 1.82) is 0 Å². The molecule has 1 aliphatic carbocycles. The number of methoxy groups -OCH3 is 1. The van der Waals surface area contributed by atoms with Gasteiger partial charge in [0.1, 0.15) is 11.5 Å². The molecule has 6 nitrogen and oxygen atoms in total. The summed E-state index contributed by atoms with van der Waals surface area (Å²) in [5, 5.41) is 13.2. The van der Waals surface area contributed by atoms with Gasteiger partial charge < -0.3 is 20.1 Å². The Morgan fingerprint density at radius 2 is 1.81 bits per heavy atom. The Bertz CT molecular complexity index is 647. The molecule has 1 aliphatic heterocycles. The van der Waals surface area contributed by atoms with Crippen LogP contribution < -0.4 is 10.1 Å². The van der Waals surface area contributed by atoms with E-state index in [1.54, 1.807) is 17.0 Å². The maximum Gasteiger partial charge on any atom is 0.257 e. The number of nitrogens with zero attached hydrogens (tertiary/aromatic N) is 1. The molecule has 1 aromatic rings. The van der Waals surface area contributed by atoms with Crippen LogP contribution in [0.15, 0.2) is 18.2 Å². The molecule has 2 fully saturated rings. The number of aromatic hydroxyl groups is 1. The first kappa shape index (κ1) is 18.5. The number of carbonyl (C=O) groups excluding carboxylic acids is 2. The Hall–Kier alpha value is -2.24. The highest BCUT2D eigenvalue weighted by molar-refractivity contribution is 5.97. The lowest BCUT2D eigenvalue weighted by Crippen LogP contribution is -2.48. The zero-order valence-corrected chi connectivity index (χ0v) is 15.4. The van der Waals surface area contributed by atoms with Gasteiger partial charge in [-0.25, -0.2) is 0 Å². The normalized spacial score (nSPS) is 19.2. The van der Waals surface area contributed by atoms with Gasteiger partial charge in [0.2, 0.25) is 5.91 Å². The number of hydrogen-bond acceptors (Lipinski definition) is 4. The summed E-state index contributed by atoms with van der Waals surface area (Å²) < 4.78 is 5.05. The van der Waals surface area contributed by atoms with Crippen LogP contribution in [0, 0.1) is 5.92 Å².